The third-order valence-corrected chi connectivity index (χ3v) is 7.84. The van der Waals surface area contributed by atoms with Crippen LogP contribution in [0.5, 0.6) is 0 Å². The molecule has 0 aromatic rings. The fourth-order valence-corrected chi connectivity index (χ4v) is 5.11. The Morgan fingerprint density at radius 2 is 0.951 bits per heavy atom. The fraction of sp³-hybridized carbons (Fsp3) is 0.865. The second kappa shape index (κ2) is 34.9. The number of hydrogen-bond acceptors (Lipinski definition) is 4. The van der Waals surface area contributed by atoms with E-state index < -0.39 is 6.10 Å². The van der Waals surface area contributed by atoms with Crippen LogP contribution in [0.2, 0.25) is 0 Å². The molecule has 0 fully saturated rings. The zero-order valence-corrected chi connectivity index (χ0v) is 27.6. The number of rotatable bonds is 33. The monoisotopic (exact) mass is 579 g/mol. The number of carbonyl (C=O) groups excluding carboxylic acids is 1. The number of aliphatic hydroxyl groups is 1. The Labute approximate surface area is 256 Å². The van der Waals surface area contributed by atoms with Crippen molar-refractivity contribution in [1.29, 1.82) is 0 Å². The van der Waals surface area contributed by atoms with Crippen molar-refractivity contribution in [3.63, 3.8) is 0 Å². The van der Waals surface area contributed by atoms with Crippen molar-refractivity contribution in [2.45, 2.75) is 193 Å². The highest BCUT2D eigenvalue weighted by molar-refractivity contribution is 5.69. The van der Waals surface area contributed by atoms with E-state index in [9.17, 15) is 9.90 Å². The van der Waals surface area contributed by atoms with Crippen LogP contribution in [0, 0.1) is 0 Å². The molecule has 0 aromatic carbocycles. The maximum atomic E-state index is 12.1. The number of aliphatic hydroxyl groups excluding tert-OH is 1. The van der Waals surface area contributed by atoms with Crippen LogP contribution >= 0.6 is 0 Å². The number of hydrogen-bond donors (Lipinski definition) is 1. The van der Waals surface area contributed by atoms with Gasteiger partial charge < -0.3 is 14.6 Å². The van der Waals surface area contributed by atoms with Crippen LogP contribution in [0.4, 0.5) is 0 Å². The average molecular weight is 579 g/mol. The molecule has 0 saturated heterocycles. The lowest BCUT2D eigenvalue weighted by Crippen LogP contribution is -2.26. The van der Waals surface area contributed by atoms with Gasteiger partial charge in [-0.15, -0.1) is 0 Å². The predicted molar refractivity (Wildman–Crippen MR) is 177 cm³/mol. The Bertz CT molecular complexity index is 571. The van der Waals surface area contributed by atoms with Gasteiger partial charge in [0.15, 0.2) is 6.10 Å². The molecule has 0 unspecified atom stereocenters. The number of unbranched alkanes of at least 4 members (excludes halogenated alkanes) is 23. The molecular formula is C37H70O4. The van der Waals surface area contributed by atoms with E-state index in [4.69, 9.17) is 9.47 Å². The minimum atomic E-state index is -0.582. The molecule has 242 valence electrons. The summed E-state index contributed by atoms with van der Waals surface area (Å²) in [6, 6.07) is 0. The van der Waals surface area contributed by atoms with Gasteiger partial charge >= 0.3 is 5.97 Å². The fourth-order valence-electron chi connectivity index (χ4n) is 5.11. The Balaban J connectivity index is 3.50. The quantitative estimate of drug-likeness (QED) is 0.0364. The lowest BCUT2D eigenvalue weighted by molar-refractivity contribution is -0.153. The molecule has 0 amide bonds. The first-order chi connectivity index (χ1) is 20.2. The van der Waals surface area contributed by atoms with Gasteiger partial charge in [-0.25, -0.2) is 0 Å². The molecule has 0 spiro atoms. The molecule has 41 heavy (non-hydrogen) atoms. The highest BCUT2D eigenvalue weighted by atomic mass is 16.6. The van der Waals surface area contributed by atoms with Crippen molar-refractivity contribution >= 4 is 5.97 Å². The third-order valence-electron chi connectivity index (χ3n) is 7.84. The van der Waals surface area contributed by atoms with Gasteiger partial charge in [0.1, 0.15) is 6.61 Å². The van der Waals surface area contributed by atoms with Gasteiger partial charge in [0.25, 0.3) is 0 Å². The van der Waals surface area contributed by atoms with E-state index in [1.165, 1.54) is 141 Å². The summed E-state index contributed by atoms with van der Waals surface area (Å²) in [5.41, 5.74) is 0. The van der Waals surface area contributed by atoms with E-state index in [0.29, 0.717) is 6.42 Å². The summed E-state index contributed by atoms with van der Waals surface area (Å²) in [7, 11) is 0. The number of allylic oxidation sites excluding steroid dienone is 3. The van der Waals surface area contributed by atoms with Gasteiger partial charge in [-0.05, 0) is 51.0 Å². The van der Waals surface area contributed by atoms with Crippen molar-refractivity contribution in [2.75, 3.05) is 13.2 Å². The summed E-state index contributed by atoms with van der Waals surface area (Å²) in [5.74, 6) is -0.231. The second-order valence-corrected chi connectivity index (χ2v) is 12.0. The summed E-state index contributed by atoms with van der Waals surface area (Å²) < 4.78 is 10.9. The van der Waals surface area contributed by atoms with Crippen LogP contribution in [0.1, 0.15) is 187 Å². The van der Waals surface area contributed by atoms with Crippen molar-refractivity contribution in [1.82, 2.24) is 0 Å². The summed E-state index contributed by atoms with van der Waals surface area (Å²) in [5, 5.41) is 9.52. The SMILES string of the molecule is CCCCCCCC/C=C\CCCCCCCC(=O)O[C@@H](CO)CO/C=C\CCCCCCCCCCCCCC. The van der Waals surface area contributed by atoms with Crippen LogP contribution in [-0.2, 0) is 14.3 Å². The standard InChI is InChI=1S/C37H70O4/c1-3-5-7-9-11-13-15-17-19-20-22-24-26-28-30-32-37(39)41-36(34-38)35-40-33-31-29-27-25-23-21-18-16-14-12-10-8-6-4-2/h17,19,31,33,36,38H,3-16,18,20-30,32,34-35H2,1-2H3/b19-17-,33-31-/t36-/m0/s1. The zero-order valence-electron chi connectivity index (χ0n) is 27.6. The average Bonchev–Trinajstić information content (AvgIpc) is 2.98. The van der Waals surface area contributed by atoms with Crippen molar-refractivity contribution in [3.05, 3.63) is 24.5 Å². The minimum Gasteiger partial charge on any atom is -0.498 e. The van der Waals surface area contributed by atoms with E-state index in [0.717, 1.165) is 25.7 Å². The normalized spacial score (nSPS) is 12.5. The Morgan fingerprint density at radius 3 is 1.39 bits per heavy atom. The third kappa shape index (κ3) is 33.1. The maximum Gasteiger partial charge on any atom is 0.306 e. The second-order valence-electron chi connectivity index (χ2n) is 12.0. The molecule has 1 atom stereocenters. The Kier molecular flexibility index (Phi) is 33.8. The Morgan fingerprint density at radius 1 is 0.561 bits per heavy atom. The minimum absolute atomic E-state index is 0.204. The van der Waals surface area contributed by atoms with Crippen molar-refractivity contribution < 1.29 is 19.4 Å². The maximum absolute atomic E-state index is 12.1. The molecule has 0 saturated carbocycles. The molecular weight excluding hydrogens is 508 g/mol. The summed E-state index contributed by atoms with van der Waals surface area (Å²) in [4.78, 5) is 12.1. The number of carbonyl (C=O) groups is 1. The molecule has 0 radical (unpaired) electrons. The highest BCUT2D eigenvalue weighted by Gasteiger charge is 2.13. The largest absolute Gasteiger partial charge is 0.498 e. The highest BCUT2D eigenvalue weighted by Crippen LogP contribution is 2.13. The molecule has 0 aliphatic rings. The molecule has 0 aliphatic carbocycles. The van der Waals surface area contributed by atoms with E-state index in [-0.39, 0.29) is 19.2 Å². The van der Waals surface area contributed by atoms with Gasteiger partial charge in [0, 0.05) is 6.42 Å². The summed E-state index contributed by atoms with van der Waals surface area (Å²) in [6.07, 6.45) is 41.7. The molecule has 1 N–H and O–H groups in total. The topological polar surface area (TPSA) is 55.8 Å². The molecule has 0 heterocycles. The molecule has 0 aromatic heterocycles. The lowest BCUT2D eigenvalue weighted by Gasteiger charge is -2.15. The van der Waals surface area contributed by atoms with Crippen LogP contribution < -0.4 is 0 Å². The van der Waals surface area contributed by atoms with Crippen LogP contribution in [0.3, 0.4) is 0 Å². The van der Waals surface area contributed by atoms with Gasteiger partial charge in [-0.1, -0.05) is 148 Å². The molecule has 0 rings (SSSR count). The molecule has 0 bridgehead atoms. The van der Waals surface area contributed by atoms with Gasteiger partial charge in [0.05, 0.1) is 12.9 Å². The van der Waals surface area contributed by atoms with Crippen LogP contribution in [0.25, 0.3) is 0 Å². The van der Waals surface area contributed by atoms with E-state index >= 15 is 0 Å². The van der Waals surface area contributed by atoms with Crippen molar-refractivity contribution in [2.24, 2.45) is 0 Å². The number of ether oxygens (including phenoxy) is 2. The molecule has 0 aliphatic heterocycles. The van der Waals surface area contributed by atoms with Gasteiger partial charge in [-0.3, -0.25) is 4.79 Å². The lowest BCUT2D eigenvalue weighted by atomic mass is 10.0. The summed E-state index contributed by atoms with van der Waals surface area (Å²) >= 11 is 0. The van der Waals surface area contributed by atoms with Crippen molar-refractivity contribution in [3.8, 4) is 0 Å². The van der Waals surface area contributed by atoms with E-state index in [2.05, 4.69) is 26.0 Å². The molecule has 4 heteroatoms. The first-order valence-corrected chi connectivity index (χ1v) is 18.0. The van der Waals surface area contributed by atoms with E-state index in [1.807, 2.05) is 6.08 Å². The van der Waals surface area contributed by atoms with Gasteiger partial charge in [-0.2, -0.15) is 0 Å². The zero-order chi connectivity index (χ0) is 29.9. The van der Waals surface area contributed by atoms with Crippen LogP contribution in [-0.4, -0.2) is 30.4 Å². The van der Waals surface area contributed by atoms with Gasteiger partial charge in [0.2, 0.25) is 0 Å². The first-order valence-electron chi connectivity index (χ1n) is 18.0. The Hall–Kier alpha value is -1.29. The molecule has 4 nitrogen and oxygen atoms in total. The van der Waals surface area contributed by atoms with E-state index in [1.54, 1.807) is 6.26 Å². The first kappa shape index (κ1) is 39.7. The number of esters is 1. The summed E-state index contributed by atoms with van der Waals surface area (Å²) in [6.45, 7) is 4.55. The van der Waals surface area contributed by atoms with Crippen LogP contribution in [0.15, 0.2) is 24.5 Å². The smallest absolute Gasteiger partial charge is 0.306 e. The predicted octanol–water partition coefficient (Wildman–Crippen LogP) is 11.5.